The lowest BCUT2D eigenvalue weighted by Gasteiger charge is -2.22. The molecular formula is C24H24N4O2S2. The molecule has 1 aromatic heterocycles. The summed E-state index contributed by atoms with van der Waals surface area (Å²) in [7, 11) is 1.64. The molecule has 6 nitrogen and oxygen atoms in total. The van der Waals surface area contributed by atoms with E-state index in [0.29, 0.717) is 32.7 Å². The van der Waals surface area contributed by atoms with Crippen molar-refractivity contribution in [3.63, 3.8) is 0 Å². The van der Waals surface area contributed by atoms with Crippen LogP contribution in [-0.4, -0.2) is 25.7 Å². The van der Waals surface area contributed by atoms with Crippen LogP contribution in [0.2, 0.25) is 0 Å². The van der Waals surface area contributed by atoms with Crippen molar-refractivity contribution in [2.45, 2.75) is 45.2 Å². The van der Waals surface area contributed by atoms with Gasteiger partial charge in [-0.2, -0.15) is 5.26 Å². The topological polar surface area (TPSA) is 78.1 Å². The van der Waals surface area contributed by atoms with Gasteiger partial charge in [-0.25, -0.2) is 0 Å². The maximum absolute atomic E-state index is 13.2. The number of pyridine rings is 1. The molecule has 0 spiro atoms. The molecule has 0 unspecified atom stereocenters. The number of thioether (sulfide) groups is 1. The molecule has 0 atom stereocenters. The number of nitrogens with zero attached hydrogens (tertiary/aromatic N) is 3. The fourth-order valence-corrected chi connectivity index (χ4v) is 5.70. The standard InChI is InChI=1S/C24H24N4O2S2/c1-15-18(12-20-23(30)28(24(31)32-20)17-10-6-7-11-17)21(27(2)22(29)19(15)13-25)26-14-16-8-4-3-5-9-16/h3-5,8-9,12,17,26H,6-7,10-11,14H2,1-2H3/b20-12+. The molecule has 164 valence electrons. The summed E-state index contributed by atoms with van der Waals surface area (Å²) in [6, 6.07) is 12.0. The number of anilines is 1. The lowest BCUT2D eigenvalue weighted by Crippen LogP contribution is -2.36. The number of thiocarbonyl (C=S) groups is 1. The number of carbonyl (C=O) groups excluding carboxylic acids is 1. The molecule has 1 saturated carbocycles. The number of hydrogen-bond donors (Lipinski definition) is 1. The number of nitrogens with one attached hydrogen (secondary N) is 1. The van der Waals surface area contributed by atoms with Crippen molar-refractivity contribution in [1.29, 1.82) is 5.26 Å². The lowest BCUT2D eigenvalue weighted by atomic mass is 10.0. The summed E-state index contributed by atoms with van der Waals surface area (Å²) < 4.78 is 2.02. The van der Waals surface area contributed by atoms with Crippen LogP contribution < -0.4 is 10.9 Å². The zero-order chi connectivity index (χ0) is 22.8. The van der Waals surface area contributed by atoms with Gasteiger partial charge in [-0.15, -0.1) is 0 Å². The summed E-state index contributed by atoms with van der Waals surface area (Å²) in [5.74, 6) is 0.481. The van der Waals surface area contributed by atoms with Gasteiger partial charge in [0.15, 0.2) is 0 Å². The Balaban J connectivity index is 1.76. The first kappa shape index (κ1) is 22.3. The quantitative estimate of drug-likeness (QED) is 0.524. The second kappa shape index (κ2) is 9.31. The van der Waals surface area contributed by atoms with Gasteiger partial charge in [-0.1, -0.05) is 67.2 Å². The third-order valence-electron chi connectivity index (χ3n) is 6.09. The Morgan fingerprint density at radius 2 is 1.94 bits per heavy atom. The van der Waals surface area contributed by atoms with Crippen molar-refractivity contribution >= 4 is 46.1 Å². The van der Waals surface area contributed by atoms with E-state index in [1.54, 1.807) is 24.9 Å². The number of rotatable bonds is 5. The largest absolute Gasteiger partial charge is 0.367 e. The summed E-state index contributed by atoms with van der Waals surface area (Å²) in [4.78, 5) is 28.2. The summed E-state index contributed by atoms with van der Waals surface area (Å²) in [6.45, 7) is 2.25. The Labute approximate surface area is 196 Å². The predicted molar refractivity (Wildman–Crippen MR) is 132 cm³/mol. The Hall–Kier alpha value is -2.89. The second-order valence-corrected chi connectivity index (χ2v) is 9.74. The van der Waals surface area contributed by atoms with Crippen LogP contribution in [0.1, 0.15) is 47.9 Å². The fraction of sp³-hybridized carbons (Fsp3) is 0.333. The van der Waals surface area contributed by atoms with Crippen molar-refractivity contribution in [3.05, 3.63) is 67.8 Å². The normalized spacial score (nSPS) is 17.9. The van der Waals surface area contributed by atoms with E-state index in [1.807, 2.05) is 36.4 Å². The first-order valence-corrected chi connectivity index (χ1v) is 11.8. The van der Waals surface area contributed by atoms with E-state index >= 15 is 0 Å². The van der Waals surface area contributed by atoms with Crippen molar-refractivity contribution in [1.82, 2.24) is 9.47 Å². The van der Waals surface area contributed by atoms with E-state index in [-0.39, 0.29) is 23.1 Å². The van der Waals surface area contributed by atoms with Gasteiger partial charge in [0.1, 0.15) is 21.8 Å². The fourth-order valence-electron chi connectivity index (χ4n) is 4.31. The van der Waals surface area contributed by atoms with Gasteiger partial charge in [-0.3, -0.25) is 19.1 Å². The van der Waals surface area contributed by atoms with E-state index in [0.717, 1.165) is 31.2 Å². The van der Waals surface area contributed by atoms with Gasteiger partial charge in [0, 0.05) is 25.2 Å². The highest BCUT2D eigenvalue weighted by molar-refractivity contribution is 8.26. The Kier molecular flexibility index (Phi) is 6.49. The van der Waals surface area contributed by atoms with Crippen molar-refractivity contribution in [2.24, 2.45) is 7.05 Å². The molecule has 2 aromatic rings. The van der Waals surface area contributed by atoms with Gasteiger partial charge >= 0.3 is 0 Å². The minimum atomic E-state index is -0.365. The highest BCUT2D eigenvalue weighted by atomic mass is 32.2. The molecule has 1 N–H and O–H groups in total. The van der Waals surface area contributed by atoms with Crippen LogP contribution in [0.3, 0.4) is 0 Å². The highest BCUT2D eigenvalue weighted by Gasteiger charge is 2.38. The molecule has 1 aliphatic heterocycles. The monoisotopic (exact) mass is 464 g/mol. The molecule has 1 amide bonds. The second-order valence-electron chi connectivity index (χ2n) is 8.07. The molecule has 1 aromatic carbocycles. The summed E-state index contributed by atoms with van der Waals surface area (Å²) in [5, 5.41) is 12.9. The third kappa shape index (κ3) is 4.10. The minimum absolute atomic E-state index is 0.0790. The van der Waals surface area contributed by atoms with E-state index in [4.69, 9.17) is 12.2 Å². The number of aromatic nitrogens is 1. The molecule has 1 aliphatic carbocycles. The third-order valence-corrected chi connectivity index (χ3v) is 7.42. The molecule has 2 aliphatic rings. The summed E-state index contributed by atoms with van der Waals surface area (Å²) >= 11 is 6.82. The smallest absolute Gasteiger partial charge is 0.270 e. The van der Waals surface area contributed by atoms with Crippen LogP contribution in [0.5, 0.6) is 0 Å². The van der Waals surface area contributed by atoms with Crippen LogP contribution in [-0.2, 0) is 18.4 Å². The van der Waals surface area contributed by atoms with Crippen molar-refractivity contribution < 1.29 is 4.79 Å². The molecular weight excluding hydrogens is 440 g/mol. The van der Waals surface area contributed by atoms with Crippen LogP contribution in [0, 0.1) is 18.3 Å². The number of benzene rings is 1. The minimum Gasteiger partial charge on any atom is -0.367 e. The van der Waals surface area contributed by atoms with E-state index < -0.39 is 0 Å². The van der Waals surface area contributed by atoms with Gasteiger partial charge < -0.3 is 5.32 Å². The van der Waals surface area contributed by atoms with E-state index in [9.17, 15) is 14.9 Å². The Bertz CT molecular complexity index is 1210. The average molecular weight is 465 g/mol. The average Bonchev–Trinajstić information content (AvgIpc) is 3.40. The van der Waals surface area contributed by atoms with E-state index in [2.05, 4.69) is 5.32 Å². The van der Waals surface area contributed by atoms with Crippen molar-refractivity contribution in [2.75, 3.05) is 5.32 Å². The molecule has 4 rings (SSSR count). The molecule has 0 bridgehead atoms. The SMILES string of the molecule is Cc1c(/C=C2/SC(=S)N(C3CCCC3)C2=O)c(NCc2ccccc2)n(C)c(=O)c1C#N. The Morgan fingerprint density at radius 1 is 1.25 bits per heavy atom. The summed E-state index contributed by atoms with van der Waals surface area (Å²) in [5.41, 5.74) is 1.98. The number of nitriles is 1. The molecule has 32 heavy (non-hydrogen) atoms. The van der Waals surface area contributed by atoms with Gasteiger partial charge in [0.05, 0.1) is 4.91 Å². The van der Waals surface area contributed by atoms with E-state index in [1.165, 1.54) is 16.3 Å². The van der Waals surface area contributed by atoms with Crippen LogP contribution in [0.4, 0.5) is 5.82 Å². The zero-order valence-electron chi connectivity index (χ0n) is 18.1. The predicted octanol–water partition coefficient (Wildman–Crippen LogP) is 4.32. The van der Waals surface area contributed by atoms with Gasteiger partial charge in [-0.05, 0) is 37.0 Å². The molecule has 8 heteroatoms. The first-order valence-electron chi connectivity index (χ1n) is 10.6. The van der Waals surface area contributed by atoms with Crippen LogP contribution in [0.25, 0.3) is 6.08 Å². The number of hydrogen-bond acceptors (Lipinski definition) is 6. The molecule has 2 heterocycles. The maximum atomic E-state index is 13.2. The Morgan fingerprint density at radius 3 is 2.59 bits per heavy atom. The molecule has 1 saturated heterocycles. The summed E-state index contributed by atoms with van der Waals surface area (Å²) in [6.07, 6.45) is 5.94. The van der Waals surface area contributed by atoms with Gasteiger partial charge in [0.2, 0.25) is 0 Å². The number of amides is 1. The maximum Gasteiger partial charge on any atom is 0.270 e. The lowest BCUT2D eigenvalue weighted by molar-refractivity contribution is -0.123. The molecule has 0 radical (unpaired) electrons. The number of carbonyl (C=O) groups is 1. The first-order chi connectivity index (χ1) is 15.4. The van der Waals surface area contributed by atoms with Crippen LogP contribution >= 0.6 is 24.0 Å². The van der Waals surface area contributed by atoms with Crippen molar-refractivity contribution in [3.8, 4) is 6.07 Å². The molecule has 2 fully saturated rings. The van der Waals surface area contributed by atoms with Crippen LogP contribution in [0.15, 0.2) is 40.0 Å². The zero-order valence-corrected chi connectivity index (χ0v) is 19.7. The highest BCUT2D eigenvalue weighted by Crippen LogP contribution is 2.39. The van der Waals surface area contributed by atoms with Gasteiger partial charge in [0.25, 0.3) is 11.5 Å².